The number of nitrogens with one attached hydrogen (secondary N) is 2. The highest BCUT2D eigenvalue weighted by Crippen LogP contribution is 2.22. The molecule has 0 spiro atoms. The van der Waals surface area contributed by atoms with Crippen molar-refractivity contribution in [3.05, 3.63) is 42.4 Å². The molecule has 1 heterocycles. The smallest absolute Gasteiger partial charge is 0.315 e. The zero-order valence-corrected chi connectivity index (χ0v) is 13.5. The number of carbonyl (C=O) groups is 1. The molecular formula is C17H23N3O3. The number of rotatable bonds is 7. The standard InChI is InChI=1S/C17H23N3O3/c1-12(8-9-21)10-19-17(22)20-13(2)16-18-11-15(23-16)14-6-4-3-5-7-14/h3-7,11-13,21H,8-10H2,1-2H3,(H2,19,20,22). The van der Waals surface area contributed by atoms with Crippen LogP contribution in [0, 0.1) is 5.92 Å². The van der Waals surface area contributed by atoms with Gasteiger partial charge in [0, 0.05) is 18.7 Å². The zero-order valence-electron chi connectivity index (χ0n) is 13.5. The number of aromatic nitrogens is 1. The summed E-state index contributed by atoms with van der Waals surface area (Å²) >= 11 is 0. The fourth-order valence-electron chi connectivity index (χ4n) is 2.12. The molecule has 3 N–H and O–H groups in total. The summed E-state index contributed by atoms with van der Waals surface area (Å²) in [5.41, 5.74) is 0.945. The van der Waals surface area contributed by atoms with Crippen molar-refractivity contribution in [3.8, 4) is 11.3 Å². The lowest BCUT2D eigenvalue weighted by Crippen LogP contribution is -2.39. The first-order valence-electron chi connectivity index (χ1n) is 7.76. The Balaban J connectivity index is 1.87. The first-order valence-corrected chi connectivity index (χ1v) is 7.76. The zero-order chi connectivity index (χ0) is 16.7. The summed E-state index contributed by atoms with van der Waals surface area (Å²) < 4.78 is 5.71. The van der Waals surface area contributed by atoms with Crippen LogP contribution in [-0.2, 0) is 0 Å². The van der Waals surface area contributed by atoms with Crippen molar-refractivity contribution in [3.63, 3.8) is 0 Å². The van der Waals surface area contributed by atoms with Crippen LogP contribution in [0.2, 0.25) is 0 Å². The molecule has 23 heavy (non-hydrogen) atoms. The van der Waals surface area contributed by atoms with E-state index in [1.54, 1.807) is 6.20 Å². The van der Waals surface area contributed by atoms with E-state index in [4.69, 9.17) is 9.52 Å². The Bertz CT molecular complexity index is 613. The van der Waals surface area contributed by atoms with Crippen molar-refractivity contribution >= 4 is 6.03 Å². The van der Waals surface area contributed by atoms with Crippen LogP contribution >= 0.6 is 0 Å². The molecule has 2 atom stereocenters. The first kappa shape index (κ1) is 17.0. The van der Waals surface area contributed by atoms with Gasteiger partial charge in [-0.05, 0) is 19.3 Å². The molecule has 6 nitrogen and oxygen atoms in total. The van der Waals surface area contributed by atoms with Gasteiger partial charge in [0.05, 0.1) is 6.20 Å². The lowest BCUT2D eigenvalue weighted by atomic mass is 10.1. The third-order valence-electron chi connectivity index (χ3n) is 3.53. The summed E-state index contributed by atoms with van der Waals surface area (Å²) in [4.78, 5) is 16.1. The molecule has 2 amide bonds. The SMILES string of the molecule is CC(CCO)CNC(=O)NC(C)c1ncc(-c2ccccc2)o1. The minimum absolute atomic E-state index is 0.124. The fraction of sp³-hybridized carbons (Fsp3) is 0.412. The highest BCUT2D eigenvalue weighted by atomic mass is 16.4. The molecule has 0 aliphatic rings. The maximum Gasteiger partial charge on any atom is 0.315 e. The number of hydrogen-bond acceptors (Lipinski definition) is 4. The molecule has 1 aromatic carbocycles. The summed E-state index contributed by atoms with van der Waals surface area (Å²) in [6, 6.07) is 9.07. The van der Waals surface area contributed by atoms with E-state index in [1.165, 1.54) is 0 Å². The summed E-state index contributed by atoms with van der Waals surface area (Å²) in [7, 11) is 0. The number of oxazole rings is 1. The van der Waals surface area contributed by atoms with Crippen LogP contribution < -0.4 is 10.6 Å². The van der Waals surface area contributed by atoms with Crippen LogP contribution in [0.25, 0.3) is 11.3 Å². The Labute approximate surface area is 135 Å². The Hall–Kier alpha value is -2.34. The topological polar surface area (TPSA) is 87.4 Å². The predicted octanol–water partition coefficient (Wildman–Crippen LogP) is 2.72. The van der Waals surface area contributed by atoms with Crippen molar-refractivity contribution in [1.29, 1.82) is 0 Å². The minimum Gasteiger partial charge on any atom is -0.438 e. The normalized spacial score (nSPS) is 13.3. The monoisotopic (exact) mass is 317 g/mol. The molecule has 0 fully saturated rings. The van der Waals surface area contributed by atoms with Crippen molar-refractivity contribution in [2.24, 2.45) is 5.92 Å². The molecule has 6 heteroatoms. The minimum atomic E-state index is -0.333. The van der Waals surface area contributed by atoms with Crippen LogP contribution in [0.5, 0.6) is 0 Å². The fourth-order valence-corrected chi connectivity index (χ4v) is 2.12. The van der Waals surface area contributed by atoms with E-state index in [9.17, 15) is 4.79 Å². The van der Waals surface area contributed by atoms with Gasteiger partial charge in [-0.2, -0.15) is 0 Å². The molecule has 0 radical (unpaired) electrons. The average molecular weight is 317 g/mol. The Kier molecular flexibility index (Phi) is 6.17. The van der Waals surface area contributed by atoms with Crippen molar-refractivity contribution in [2.75, 3.05) is 13.2 Å². The van der Waals surface area contributed by atoms with Crippen molar-refractivity contribution in [1.82, 2.24) is 15.6 Å². The Morgan fingerprint density at radius 2 is 2.04 bits per heavy atom. The lowest BCUT2D eigenvalue weighted by Gasteiger charge is -2.14. The number of amides is 2. The molecule has 0 bridgehead atoms. The Morgan fingerprint density at radius 3 is 2.74 bits per heavy atom. The third-order valence-corrected chi connectivity index (χ3v) is 3.53. The van der Waals surface area contributed by atoms with E-state index in [0.29, 0.717) is 24.6 Å². The van der Waals surface area contributed by atoms with Gasteiger partial charge < -0.3 is 20.2 Å². The predicted molar refractivity (Wildman–Crippen MR) is 87.8 cm³/mol. The summed E-state index contributed by atoms with van der Waals surface area (Å²) in [6.45, 7) is 4.43. The van der Waals surface area contributed by atoms with E-state index in [2.05, 4.69) is 15.6 Å². The summed E-state index contributed by atoms with van der Waals surface area (Å²) in [5, 5.41) is 14.4. The molecule has 2 unspecified atom stereocenters. The number of aliphatic hydroxyl groups is 1. The second-order valence-corrected chi connectivity index (χ2v) is 5.62. The number of urea groups is 1. The van der Waals surface area contributed by atoms with Gasteiger partial charge in [-0.1, -0.05) is 37.3 Å². The van der Waals surface area contributed by atoms with E-state index in [-0.39, 0.29) is 24.6 Å². The first-order chi connectivity index (χ1) is 11.1. The molecule has 0 saturated carbocycles. The molecule has 2 aromatic rings. The summed E-state index contributed by atoms with van der Waals surface area (Å²) in [6.07, 6.45) is 2.32. The van der Waals surface area contributed by atoms with Crippen LogP contribution in [-0.4, -0.2) is 29.3 Å². The maximum atomic E-state index is 11.9. The van der Waals surface area contributed by atoms with Gasteiger partial charge in [0.1, 0.15) is 6.04 Å². The van der Waals surface area contributed by atoms with E-state index >= 15 is 0 Å². The number of aliphatic hydroxyl groups excluding tert-OH is 1. The molecule has 2 rings (SSSR count). The number of hydrogen-bond donors (Lipinski definition) is 3. The van der Waals surface area contributed by atoms with E-state index < -0.39 is 0 Å². The number of carbonyl (C=O) groups excluding carboxylic acids is 1. The van der Waals surface area contributed by atoms with Gasteiger partial charge in [-0.25, -0.2) is 9.78 Å². The molecule has 1 aromatic heterocycles. The number of nitrogens with zero attached hydrogens (tertiary/aromatic N) is 1. The van der Waals surface area contributed by atoms with Crippen LogP contribution in [0.3, 0.4) is 0 Å². The third kappa shape index (κ3) is 5.10. The molecule has 0 aliphatic heterocycles. The van der Waals surface area contributed by atoms with Gasteiger partial charge in [-0.3, -0.25) is 0 Å². The van der Waals surface area contributed by atoms with E-state index in [0.717, 1.165) is 5.56 Å². The highest BCUT2D eigenvalue weighted by Gasteiger charge is 2.16. The Morgan fingerprint density at radius 1 is 1.30 bits per heavy atom. The average Bonchev–Trinajstić information content (AvgIpc) is 3.04. The highest BCUT2D eigenvalue weighted by molar-refractivity contribution is 5.74. The van der Waals surface area contributed by atoms with Gasteiger partial charge in [0.2, 0.25) is 5.89 Å². The van der Waals surface area contributed by atoms with Gasteiger partial charge in [0.15, 0.2) is 5.76 Å². The second kappa shape index (κ2) is 8.33. The van der Waals surface area contributed by atoms with Crippen molar-refractivity contribution in [2.45, 2.75) is 26.3 Å². The van der Waals surface area contributed by atoms with Crippen LogP contribution in [0.15, 0.2) is 40.9 Å². The molecular weight excluding hydrogens is 294 g/mol. The van der Waals surface area contributed by atoms with E-state index in [1.807, 2.05) is 44.2 Å². The van der Waals surface area contributed by atoms with Gasteiger partial charge >= 0.3 is 6.03 Å². The largest absolute Gasteiger partial charge is 0.438 e. The van der Waals surface area contributed by atoms with Gasteiger partial charge in [0.25, 0.3) is 0 Å². The molecule has 0 saturated heterocycles. The lowest BCUT2D eigenvalue weighted by molar-refractivity contribution is 0.229. The van der Waals surface area contributed by atoms with Crippen LogP contribution in [0.1, 0.15) is 32.2 Å². The summed E-state index contributed by atoms with van der Waals surface area (Å²) in [5.74, 6) is 1.36. The number of benzene rings is 1. The second-order valence-electron chi connectivity index (χ2n) is 5.62. The quantitative estimate of drug-likeness (QED) is 0.733. The van der Waals surface area contributed by atoms with Gasteiger partial charge in [-0.15, -0.1) is 0 Å². The molecule has 124 valence electrons. The van der Waals surface area contributed by atoms with Crippen molar-refractivity contribution < 1.29 is 14.3 Å². The maximum absolute atomic E-state index is 11.9. The van der Waals surface area contributed by atoms with Crippen LogP contribution in [0.4, 0.5) is 4.79 Å². The molecule has 0 aliphatic carbocycles.